The van der Waals surface area contributed by atoms with Gasteiger partial charge in [0.15, 0.2) is 5.69 Å². The lowest BCUT2D eigenvalue weighted by Gasteiger charge is -2.15. The van der Waals surface area contributed by atoms with Crippen LogP contribution in [-0.4, -0.2) is 27.0 Å². The molecule has 2 aromatic heterocycles. The van der Waals surface area contributed by atoms with Crippen LogP contribution in [0.3, 0.4) is 0 Å². The molecule has 7 nitrogen and oxygen atoms in total. The van der Waals surface area contributed by atoms with Gasteiger partial charge in [0, 0.05) is 22.1 Å². The van der Waals surface area contributed by atoms with E-state index >= 15 is 0 Å². The summed E-state index contributed by atoms with van der Waals surface area (Å²) < 4.78 is 2.15. The van der Waals surface area contributed by atoms with Crippen molar-refractivity contribution in [1.82, 2.24) is 14.6 Å². The maximum atomic E-state index is 13.3. The first-order chi connectivity index (χ1) is 15.0. The van der Waals surface area contributed by atoms with Gasteiger partial charge in [-0.25, -0.2) is 0 Å². The number of fused-ring (bicyclic) bond motifs is 2. The molecule has 0 spiro atoms. The van der Waals surface area contributed by atoms with E-state index in [1.54, 1.807) is 29.2 Å². The molecule has 5 rings (SSSR count). The first-order valence-corrected chi connectivity index (χ1v) is 11.3. The summed E-state index contributed by atoms with van der Waals surface area (Å²) in [7, 11) is 0. The van der Waals surface area contributed by atoms with Crippen LogP contribution in [0.25, 0.3) is 21.8 Å². The van der Waals surface area contributed by atoms with Gasteiger partial charge in [0.05, 0.1) is 11.3 Å². The Morgan fingerprint density at radius 2 is 1.84 bits per heavy atom. The van der Waals surface area contributed by atoms with Gasteiger partial charge < -0.3 is 4.90 Å². The van der Waals surface area contributed by atoms with Crippen LogP contribution < -0.4 is 20.6 Å². The fourth-order valence-electron chi connectivity index (χ4n) is 3.71. The molecule has 31 heavy (non-hydrogen) atoms. The predicted octanol–water partition coefficient (Wildman–Crippen LogP) is 2.62. The molecule has 1 amide bonds. The number of hydrogen-bond acceptors (Lipinski definition) is 6. The molecule has 0 N–H and O–H groups in total. The Morgan fingerprint density at radius 3 is 2.58 bits per heavy atom. The molecule has 1 aliphatic rings. The molecule has 0 atom stereocenters. The number of thiazole rings is 1. The molecular weight excluding hydrogens is 480 g/mol. The highest BCUT2D eigenvalue weighted by Gasteiger charge is 2.34. The second-order valence-corrected chi connectivity index (χ2v) is 8.95. The van der Waals surface area contributed by atoms with Crippen molar-refractivity contribution in [3.05, 3.63) is 83.8 Å². The minimum Gasteiger partial charge on any atom is -0.308 e. The summed E-state index contributed by atoms with van der Waals surface area (Å²) in [5.74, 6) is -0.232. The molecule has 0 saturated heterocycles. The predicted molar refractivity (Wildman–Crippen MR) is 123 cm³/mol. The van der Waals surface area contributed by atoms with E-state index in [1.165, 1.54) is 0 Å². The van der Waals surface area contributed by atoms with E-state index in [2.05, 4.69) is 26.0 Å². The average molecular weight is 495 g/mol. The van der Waals surface area contributed by atoms with Crippen molar-refractivity contribution in [3.8, 4) is 11.3 Å². The molecule has 9 heteroatoms. The van der Waals surface area contributed by atoms with Crippen LogP contribution in [0.4, 0.5) is 5.69 Å². The van der Waals surface area contributed by atoms with Crippen LogP contribution in [0.15, 0.2) is 62.6 Å². The lowest BCUT2D eigenvalue weighted by Crippen LogP contribution is -2.33. The molecule has 0 fully saturated rings. The van der Waals surface area contributed by atoms with Gasteiger partial charge in [-0.15, -0.1) is 0 Å². The van der Waals surface area contributed by atoms with E-state index in [0.29, 0.717) is 23.2 Å². The third-order valence-corrected chi connectivity index (χ3v) is 6.58. The van der Waals surface area contributed by atoms with Crippen molar-refractivity contribution >= 4 is 49.4 Å². The quantitative estimate of drug-likeness (QED) is 0.437. The molecule has 3 heterocycles. The number of benzene rings is 2. The molecule has 4 aromatic rings. The Balaban J connectivity index is 1.82. The molecule has 0 bridgehead atoms. The first-order valence-electron chi connectivity index (χ1n) is 9.65. The van der Waals surface area contributed by atoms with E-state index in [-0.39, 0.29) is 21.1 Å². The molecule has 0 aliphatic carbocycles. The highest BCUT2D eigenvalue weighted by atomic mass is 79.9. The van der Waals surface area contributed by atoms with Crippen LogP contribution in [0.1, 0.15) is 18.9 Å². The van der Waals surface area contributed by atoms with Gasteiger partial charge >= 0.3 is 5.56 Å². The Labute approximate surface area is 188 Å². The van der Waals surface area contributed by atoms with Gasteiger partial charge in [0.25, 0.3) is 11.5 Å². The normalized spacial score (nSPS) is 15.0. The Kier molecular flexibility index (Phi) is 4.79. The van der Waals surface area contributed by atoms with E-state index in [4.69, 9.17) is 0 Å². The number of nitrogens with zero attached hydrogens (tertiary/aromatic N) is 4. The van der Waals surface area contributed by atoms with Crippen LogP contribution in [-0.2, 0) is 4.79 Å². The van der Waals surface area contributed by atoms with Crippen molar-refractivity contribution in [2.45, 2.75) is 13.3 Å². The van der Waals surface area contributed by atoms with Crippen molar-refractivity contribution in [2.75, 3.05) is 11.4 Å². The summed E-state index contributed by atoms with van der Waals surface area (Å²) >= 11 is 4.46. The lowest BCUT2D eigenvalue weighted by atomic mass is 10.1. The largest absolute Gasteiger partial charge is 0.308 e. The van der Waals surface area contributed by atoms with Crippen molar-refractivity contribution in [2.24, 2.45) is 0 Å². The molecule has 0 radical (unpaired) electrons. The Bertz CT molecular complexity index is 1530. The maximum Gasteiger partial charge on any atom is 0.300 e. The summed E-state index contributed by atoms with van der Waals surface area (Å²) in [6.07, 6.45) is 0.781. The SMILES string of the molecule is CCCN1C(=O)/C(=c2\sc3nc(=O)c(-c4ccccc4)nn3c2=O)c2cc(Br)ccc21. The molecule has 0 unspecified atom stereocenters. The number of anilines is 1. The standard InChI is InChI=1S/C22H15BrN4O3S/c1-2-10-26-15-9-8-13(23)11-14(15)16(20(26)29)18-21(30)27-22(31-18)24-19(28)17(25-27)12-6-4-3-5-7-12/h3-9,11H,2,10H2,1H3/b18-16-. The van der Waals surface area contributed by atoms with Gasteiger partial charge in [0.1, 0.15) is 4.53 Å². The topological polar surface area (TPSA) is 84.6 Å². The minimum atomic E-state index is -0.516. The van der Waals surface area contributed by atoms with Crippen molar-refractivity contribution in [1.29, 1.82) is 0 Å². The zero-order valence-corrected chi connectivity index (χ0v) is 18.7. The number of amides is 1. The highest BCUT2D eigenvalue weighted by molar-refractivity contribution is 9.10. The fourth-order valence-corrected chi connectivity index (χ4v) is 5.06. The summed E-state index contributed by atoms with van der Waals surface area (Å²) in [6.45, 7) is 2.54. The summed E-state index contributed by atoms with van der Waals surface area (Å²) in [4.78, 5) is 45.0. The number of carbonyl (C=O) groups excluding carboxylic acids is 1. The molecule has 154 valence electrons. The number of carbonyl (C=O) groups is 1. The van der Waals surface area contributed by atoms with Gasteiger partial charge in [-0.2, -0.15) is 14.6 Å². The second kappa shape index (κ2) is 7.51. The fraction of sp³-hybridized carbons (Fsp3) is 0.136. The highest BCUT2D eigenvalue weighted by Crippen LogP contribution is 2.37. The zero-order chi connectivity index (χ0) is 21.7. The molecule has 0 saturated carbocycles. The van der Waals surface area contributed by atoms with Crippen molar-refractivity contribution < 1.29 is 4.79 Å². The average Bonchev–Trinajstić information content (AvgIpc) is 3.21. The third-order valence-electron chi connectivity index (χ3n) is 5.06. The van der Waals surface area contributed by atoms with Crippen molar-refractivity contribution in [3.63, 3.8) is 0 Å². The van der Waals surface area contributed by atoms with Gasteiger partial charge in [0.2, 0.25) is 4.96 Å². The maximum absolute atomic E-state index is 13.3. The van der Waals surface area contributed by atoms with E-state index in [0.717, 1.165) is 32.4 Å². The van der Waals surface area contributed by atoms with Gasteiger partial charge in [-0.3, -0.25) is 14.4 Å². The summed E-state index contributed by atoms with van der Waals surface area (Å²) in [6, 6.07) is 14.4. The van der Waals surface area contributed by atoms with Gasteiger partial charge in [-0.1, -0.05) is 64.5 Å². The number of rotatable bonds is 3. The van der Waals surface area contributed by atoms with Crippen LogP contribution >= 0.6 is 27.3 Å². The monoisotopic (exact) mass is 494 g/mol. The summed E-state index contributed by atoms with van der Waals surface area (Å²) in [5, 5.41) is 4.28. The smallest absolute Gasteiger partial charge is 0.300 e. The molecule has 1 aliphatic heterocycles. The van der Waals surface area contributed by atoms with E-state index in [9.17, 15) is 14.4 Å². The molecular formula is C22H15BrN4O3S. The van der Waals surface area contributed by atoms with E-state index in [1.807, 2.05) is 31.2 Å². The van der Waals surface area contributed by atoms with Gasteiger partial charge in [-0.05, 0) is 24.6 Å². The number of hydrogen-bond donors (Lipinski definition) is 0. The van der Waals surface area contributed by atoms with Crippen LogP contribution in [0.5, 0.6) is 0 Å². The zero-order valence-electron chi connectivity index (χ0n) is 16.3. The number of aromatic nitrogens is 3. The summed E-state index contributed by atoms with van der Waals surface area (Å²) in [5.41, 5.74) is 1.47. The first kappa shape index (κ1) is 19.8. The van der Waals surface area contributed by atoms with Crippen LogP contribution in [0.2, 0.25) is 0 Å². The van der Waals surface area contributed by atoms with Crippen LogP contribution in [0, 0.1) is 0 Å². The molecule has 2 aromatic carbocycles. The second-order valence-electron chi connectivity index (χ2n) is 7.06. The van der Waals surface area contributed by atoms with E-state index < -0.39 is 11.1 Å². The minimum absolute atomic E-state index is 0.0954. The third kappa shape index (κ3) is 3.12. The Hall–Kier alpha value is -3.17. The lowest BCUT2D eigenvalue weighted by molar-refractivity contribution is -0.113. The number of halogens is 1. The Morgan fingerprint density at radius 1 is 1.06 bits per heavy atom.